The minimum absolute atomic E-state index is 0.159. The maximum Gasteiger partial charge on any atom is 0.465 e. The lowest BCUT2D eigenvalue weighted by Crippen LogP contribution is -2.65. The molecule has 4 aliphatic carbocycles. The summed E-state index contributed by atoms with van der Waals surface area (Å²) in [5, 5.41) is -5.85. The first-order valence-corrected chi connectivity index (χ1v) is 17.2. The third-order valence-electron chi connectivity index (χ3n) is 9.01. The van der Waals surface area contributed by atoms with Gasteiger partial charge in [0.25, 0.3) is 0 Å². The molecule has 288 valence electrons. The van der Waals surface area contributed by atoms with Crippen LogP contribution < -0.4 is 0 Å². The quantitative estimate of drug-likeness (QED) is 0.130. The van der Waals surface area contributed by atoms with Crippen molar-refractivity contribution >= 4 is 51.5 Å². The van der Waals surface area contributed by atoms with Crippen LogP contribution in [-0.2, 0) is 38.7 Å². The highest BCUT2D eigenvalue weighted by atomic mass is 32.2. The number of rotatable bonds is 9. The lowest BCUT2D eigenvalue weighted by atomic mass is 9.53. The van der Waals surface area contributed by atoms with E-state index in [4.69, 9.17) is 9.29 Å². The first-order valence-electron chi connectivity index (χ1n) is 13.8. The minimum Gasteiger partial charge on any atom is -0.460 e. The van der Waals surface area contributed by atoms with Gasteiger partial charge < -0.3 is 14.2 Å². The summed E-state index contributed by atoms with van der Waals surface area (Å²) >= 11 is 1.60. The molecule has 9 nitrogen and oxygen atoms in total. The number of hydrogen-bond donors (Lipinski definition) is 1. The molecule has 5 rings (SSSR count). The molecule has 0 aromatic carbocycles. The van der Waals surface area contributed by atoms with Crippen LogP contribution in [0.4, 0.5) is 61.5 Å². The van der Waals surface area contributed by atoms with Gasteiger partial charge in [-0.1, -0.05) is 0 Å². The Hall–Kier alpha value is -1.96. The molecular formula is C24H22F14O9S3. The number of carbonyl (C=O) groups excluding carboxylic acids is 3. The third kappa shape index (κ3) is 6.70. The van der Waals surface area contributed by atoms with Crippen LogP contribution in [0.2, 0.25) is 0 Å². The average Bonchev–Trinajstić information content (AvgIpc) is 2.94. The molecule has 0 amide bonds. The van der Waals surface area contributed by atoms with E-state index in [1.165, 1.54) is 0 Å². The summed E-state index contributed by atoms with van der Waals surface area (Å²) in [4.78, 5) is 35.7. The van der Waals surface area contributed by atoms with Crippen molar-refractivity contribution in [3.8, 4) is 0 Å². The first-order chi connectivity index (χ1) is 22.3. The van der Waals surface area contributed by atoms with Crippen molar-refractivity contribution in [2.24, 2.45) is 23.2 Å². The second-order valence-corrected chi connectivity index (χ2v) is 16.9. The number of carbonyl (C=O) groups is 3. The van der Waals surface area contributed by atoms with Crippen molar-refractivity contribution in [1.82, 2.24) is 0 Å². The Balaban J connectivity index is 1.57. The van der Waals surface area contributed by atoms with Crippen molar-refractivity contribution in [1.29, 1.82) is 0 Å². The maximum atomic E-state index is 14.7. The van der Waals surface area contributed by atoms with Gasteiger partial charge in [0.15, 0.2) is 0 Å². The second-order valence-electron chi connectivity index (χ2n) is 12.6. The van der Waals surface area contributed by atoms with Gasteiger partial charge in [0.2, 0.25) is 0 Å². The summed E-state index contributed by atoms with van der Waals surface area (Å²) in [6.45, 7) is -3.02. The largest absolute Gasteiger partial charge is 0.465 e. The number of esters is 3. The lowest BCUT2D eigenvalue weighted by molar-refractivity contribution is -0.283. The van der Waals surface area contributed by atoms with E-state index in [0.29, 0.717) is 0 Å². The van der Waals surface area contributed by atoms with Crippen LogP contribution >= 0.6 is 23.5 Å². The van der Waals surface area contributed by atoms with Crippen LogP contribution in [0.15, 0.2) is 0 Å². The van der Waals surface area contributed by atoms with Crippen molar-refractivity contribution < 1.29 is 103 Å². The SMILES string of the molecule is O=C(OCC1(COC(=O)C(F)(F)C(F)(F)F)CSC2(SC1)C1CC3CC2CC(OC(=O)C(F)(C(F)(F)F)S(=O)(=O)O)(C3)C1)C(F)(F)C(F)(F)F. The summed E-state index contributed by atoms with van der Waals surface area (Å²) in [5.74, 6) is -24.6. The van der Waals surface area contributed by atoms with Crippen LogP contribution in [0.3, 0.4) is 0 Å². The van der Waals surface area contributed by atoms with E-state index < -0.39 is 121 Å². The summed E-state index contributed by atoms with van der Waals surface area (Å²) in [5.41, 5.74) is -4.05. The Morgan fingerprint density at radius 3 is 1.40 bits per heavy atom. The van der Waals surface area contributed by atoms with Crippen molar-refractivity contribution in [2.75, 3.05) is 24.7 Å². The molecule has 4 bridgehead atoms. The van der Waals surface area contributed by atoms with E-state index in [9.17, 15) is 84.3 Å². The van der Waals surface area contributed by atoms with Crippen LogP contribution in [0.5, 0.6) is 0 Å². The standard InChI is InChI=1S/C24H22F14O9S3/c25-19(26,22(30,31)32)13(39)45-6-16(7-46-14(40)20(27,28)23(33,34)35)8-48-18(49-9-16)11-1-10-2-12(18)5-17(3-10,4-11)47-15(41)21(29,24(36,37)38)50(42,43)44/h10-12H,1-9H2,(H,42,43,44). The third-order valence-corrected chi connectivity index (χ3v) is 14.6. The highest BCUT2D eigenvalue weighted by Gasteiger charge is 2.75. The van der Waals surface area contributed by atoms with Crippen molar-refractivity contribution in [3.63, 3.8) is 0 Å². The average molecular weight is 817 g/mol. The van der Waals surface area contributed by atoms with Crippen LogP contribution in [0.1, 0.15) is 32.1 Å². The molecule has 1 aliphatic heterocycles. The smallest absolute Gasteiger partial charge is 0.460 e. The van der Waals surface area contributed by atoms with E-state index in [-0.39, 0.29) is 32.1 Å². The lowest BCUT2D eigenvalue weighted by Gasteiger charge is -2.65. The van der Waals surface area contributed by atoms with Crippen LogP contribution in [0.25, 0.3) is 0 Å². The van der Waals surface area contributed by atoms with Gasteiger partial charge in [-0.05, 0) is 49.9 Å². The van der Waals surface area contributed by atoms with Gasteiger partial charge in [0, 0.05) is 11.5 Å². The molecule has 1 saturated heterocycles. The van der Waals surface area contributed by atoms with E-state index in [1.807, 2.05) is 0 Å². The fourth-order valence-electron chi connectivity index (χ4n) is 6.75. The Kier molecular flexibility index (Phi) is 10.0. The molecule has 0 radical (unpaired) electrons. The zero-order valence-corrected chi connectivity index (χ0v) is 26.8. The van der Waals surface area contributed by atoms with Crippen molar-refractivity contribution in [2.45, 2.75) is 77.2 Å². The number of ether oxygens (including phenoxy) is 3. The zero-order chi connectivity index (χ0) is 38.4. The number of halogens is 14. The molecule has 1 spiro atoms. The van der Waals surface area contributed by atoms with E-state index in [2.05, 4.69) is 9.47 Å². The normalized spacial score (nSPS) is 29.3. The van der Waals surface area contributed by atoms with Gasteiger partial charge >= 0.3 is 63.4 Å². The highest BCUT2D eigenvalue weighted by Crippen LogP contribution is 2.71. The predicted octanol–water partition coefficient (Wildman–Crippen LogP) is 5.87. The molecule has 5 fully saturated rings. The fourth-order valence-corrected chi connectivity index (χ4v) is 11.4. The van der Waals surface area contributed by atoms with Gasteiger partial charge in [-0.15, -0.1) is 23.5 Å². The molecule has 5 aliphatic rings. The van der Waals surface area contributed by atoms with Crippen LogP contribution in [0, 0.1) is 23.2 Å². The van der Waals surface area contributed by atoms with E-state index in [1.54, 1.807) is 0 Å². The molecule has 4 saturated carbocycles. The Bertz CT molecular complexity index is 1430. The molecule has 26 heteroatoms. The number of alkyl halides is 14. The molecule has 50 heavy (non-hydrogen) atoms. The summed E-state index contributed by atoms with van der Waals surface area (Å²) in [7, 11) is -6.77. The minimum atomic E-state index is -6.77. The van der Waals surface area contributed by atoms with Gasteiger partial charge in [0.05, 0.1) is 9.49 Å². The second kappa shape index (κ2) is 12.3. The molecule has 1 heterocycles. The molecule has 3 atom stereocenters. The first kappa shape index (κ1) is 40.8. The monoisotopic (exact) mass is 816 g/mol. The Morgan fingerprint density at radius 2 is 1.06 bits per heavy atom. The van der Waals surface area contributed by atoms with Gasteiger partial charge in [0.1, 0.15) is 18.8 Å². The van der Waals surface area contributed by atoms with Crippen LogP contribution in [-0.4, -0.2) is 101 Å². The molecule has 0 aromatic rings. The fraction of sp³-hybridized carbons (Fsp3) is 0.875. The van der Waals surface area contributed by atoms with Gasteiger partial charge in [-0.2, -0.15) is 65.5 Å². The number of hydrogen-bond acceptors (Lipinski definition) is 10. The van der Waals surface area contributed by atoms with Gasteiger partial charge in [-0.3, -0.25) is 4.55 Å². The molecule has 3 unspecified atom stereocenters. The Labute approximate surface area is 279 Å². The summed E-state index contributed by atoms with van der Waals surface area (Å²) in [6.07, 6.45) is -19.8. The Morgan fingerprint density at radius 1 is 0.660 bits per heavy atom. The molecule has 1 N–H and O–H groups in total. The van der Waals surface area contributed by atoms with Crippen molar-refractivity contribution in [3.05, 3.63) is 0 Å². The highest BCUT2D eigenvalue weighted by molar-refractivity contribution is 8.18. The molecule has 0 aromatic heterocycles. The topological polar surface area (TPSA) is 133 Å². The maximum absolute atomic E-state index is 14.7. The zero-order valence-electron chi connectivity index (χ0n) is 24.3. The van der Waals surface area contributed by atoms with E-state index >= 15 is 0 Å². The summed E-state index contributed by atoms with van der Waals surface area (Å²) in [6, 6.07) is 0. The van der Waals surface area contributed by atoms with E-state index in [0.717, 1.165) is 23.5 Å². The van der Waals surface area contributed by atoms with Gasteiger partial charge in [-0.25, -0.2) is 18.8 Å². The molecular weight excluding hydrogens is 794 g/mol. The summed E-state index contributed by atoms with van der Waals surface area (Å²) < 4.78 is 229. The number of thioether (sulfide) groups is 2. The predicted molar refractivity (Wildman–Crippen MR) is 138 cm³/mol.